The van der Waals surface area contributed by atoms with Gasteiger partial charge in [0, 0.05) is 18.2 Å². The van der Waals surface area contributed by atoms with Gasteiger partial charge in [-0.05, 0) is 31.4 Å². The Bertz CT molecular complexity index is 465. The van der Waals surface area contributed by atoms with E-state index in [1.54, 1.807) is 0 Å². The van der Waals surface area contributed by atoms with Crippen molar-refractivity contribution < 1.29 is 18.7 Å². The second kappa shape index (κ2) is 6.10. The number of hydrogen-bond donors (Lipinski definition) is 2. The molecular weight excluding hydrogens is 252 g/mol. The van der Waals surface area contributed by atoms with Gasteiger partial charge in [0.15, 0.2) is 0 Å². The maximum absolute atomic E-state index is 13.4. The molecule has 1 aliphatic rings. The molecule has 19 heavy (non-hydrogen) atoms. The number of halogens is 2. The van der Waals surface area contributed by atoms with Crippen molar-refractivity contribution in [2.75, 3.05) is 6.54 Å². The number of carboxylic acid groups (broad SMARTS) is 1. The van der Waals surface area contributed by atoms with Crippen molar-refractivity contribution in [3.8, 4) is 0 Å². The third-order valence-electron chi connectivity index (χ3n) is 3.71. The van der Waals surface area contributed by atoms with Crippen LogP contribution in [-0.2, 0) is 11.3 Å². The first kappa shape index (κ1) is 13.9. The van der Waals surface area contributed by atoms with Gasteiger partial charge in [-0.1, -0.05) is 12.5 Å². The summed E-state index contributed by atoms with van der Waals surface area (Å²) < 4.78 is 26.1. The fourth-order valence-electron chi connectivity index (χ4n) is 2.66. The number of carbonyl (C=O) groups is 1. The number of carboxylic acids is 1. The smallest absolute Gasteiger partial charge is 0.306 e. The van der Waals surface area contributed by atoms with Gasteiger partial charge >= 0.3 is 5.97 Å². The van der Waals surface area contributed by atoms with E-state index in [0.717, 1.165) is 18.9 Å². The zero-order valence-electron chi connectivity index (χ0n) is 10.5. The number of aliphatic carboxylic acids is 1. The molecule has 0 radical (unpaired) electrons. The zero-order chi connectivity index (χ0) is 13.8. The van der Waals surface area contributed by atoms with Gasteiger partial charge in [0.2, 0.25) is 0 Å². The SMILES string of the molecule is O=C(O)C1CCCC1CNCc1ccc(F)cc1F. The molecule has 0 bridgehead atoms. The largest absolute Gasteiger partial charge is 0.481 e. The molecular formula is C14H17F2NO2. The summed E-state index contributed by atoms with van der Waals surface area (Å²) in [6, 6.07) is 3.48. The van der Waals surface area contributed by atoms with E-state index in [1.165, 1.54) is 12.1 Å². The first-order chi connectivity index (χ1) is 9.08. The van der Waals surface area contributed by atoms with Crippen molar-refractivity contribution in [2.24, 2.45) is 11.8 Å². The van der Waals surface area contributed by atoms with Crippen molar-refractivity contribution in [2.45, 2.75) is 25.8 Å². The van der Waals surface area contributed by atoms with Crippen LogP contribution >= 0.6 is 0 Å². The molecule has 1 fully saturated rings. The predicted octanol–water partition coefficient (Wildman–Crippen LogP) is 2.56. The van der Waals surface area contributed by atoms with Gasteiger partial charge < -0.3 is 10.4 Å². The van der Waals surface area contributed by atoms with Crippen LogP contribution in [0.15, 0.2) is 18.2 Å². The zero-order valence-corrected chi connectivity index (χ0v) is 10.5. The topological polar surface area (TPSA) is 49.3 Å². The van der Waals surface area contributed by atoms with Crippen molar-refractivity contribution in [1.82, 2.24) is 5.32 Å². The van der Waals surface area contributed by atoms with Crippen LogP contribution in [0.5, 0.6) is 0 Å². The molecule has 1 saturated carbocycles. The van der Waals surface area contributed by atoms with Gasteiger partial charge in [0.05, 0.1) is 5.92 Å². The monoisotopic (exact) mass is 269 g/mol. The molecule has 1 aromatic carbocycles. The standard InChI is InChI=1S/C14H17F2NO2/c15-11-5-4-10(13(16)6-11)8-17-7-9-2-1-3-12(9)14(18)19/h4-6,9,12,17H,1-3,7-8H2,(H,18,19). The summed E-state index contributed by atoms with van der Waals surface area (Å²) in [5.74, 6) is -2.12. The molecule has 0 amide bonds. The summed E-state index contributed by atoms with van der Waals surface area (Å²) in [6.07, 6.45) is 2.52. The summed E-state index contributed by atoms with van der Waals surface area (Å²) in [5, 5.41) is 12.1. The van der Waals surface area contributed by atoms with Crippen molar-refractivity contribution in [3.05, 3.63) is 35.4 Å². The normalized spacial score (nSPS) is 22.6. The fourth-order valence-corrected chi connectivity index (χ4v) is 2.66. The highest BCUT2D eigenvalue weighted by Crippen LogP contribution is 2.31. The number of nitrogens with one attached hydrogen (secondary N) is 1. The molecule has 0 aromatic heterocycles. The van der Waals surface area contributed by atoms with Crippen LogP contribution in [0.25, 0.3) is 0 Å². The van der Waals surface area contributed by atoms with Gasteiger partial charge in [-0.2, -0.15) is 0 Å². The van der Waals surface area contributed by atoms with Crippen molar-refractivity contribution >= 4 is 5.97 Å². The van der Waals surface area contributed by atoms with E-state index in [1.807, 2.05) is 0 Å². The van der Waals surface area contributed by atoms with Gasteiger partial charge in [-0.3, -0.25) is 4.79 Å². The van der Waals surface area contributed by atoms with Crippen LogP contribution in [-0.4, -0.2) is 17.6 Å². The van der Waals surface area contributed by atoms with E-state index in [4.69, 9.17) is 5.11 Å². The number of rotatable bonds is 5. The molecule has 1 aromatic rings. The molecule has 0 saturated heterocycles. The molecule has 0 spiro atoms. The Hall–Kier alpha value is -1.49. The minimum Gasteiger partial charge on any atom is -0.481 e. The van der Waals surface area contributed by atoms with E-state index < -0.39 is 17.6 Å². The van der Waals surface area contributed by atoms with Crippen LogP contribution in [0.1, 0.15) is 24.8 Å². The molecule has 3 nitrogen and oxygen atoms in total. The van der Waals surface area contributed by atoms with Gasteiger partial charge in [-0.15, -0.1) is 0 Å². The highest BCUT2D eigenvalue weighted by atomic mass is 19.1. The van der Waals surface area contributed by atoms with Crippen molar-refractivity contribution in [1.29, 1.82) is 0 Å². The lowest BCUT2D eigenvalue weighted by Crippen LogP contribution is -2.29. The minimum absolute atomic E-state index is 0.0982. The summed E-state index contributed by atoms with van der Waals surface area (Å²) in [6.45, 7) is 0.836. The van der Waals surface area contributed by atoms with Crippen LogP contribution < -0.4 is 5.32 Å². The number of hydrogen-bond acceptors (Lipinski definition) is 2. The lowest BCUT2D eigenvalue weighted by Gasteiger charge is -2.16. The Labute approximate surface area is 110 Å². The summed E-state index contributed by atoms with van der Waals surface area (Å²) in [4.78, 5) is 11.0. The van der Waals surface area contributed by atoms with E-state index in [-0.39, 0.29) is 18.4 Å². The second-order valence-corrected chi connectivity index (χ2v) is 5.00. The average molecular weight is 269 g/mol. The molecule has 5 heteroatoms. The first-order valence-electron chi connectivity index (χ1n) is 6.45. The van der Waals surface area contributed by atoms with Crippen molar-refractivity contribution in [3.63, 3.8) is 0 Å². The Kier molecular flexibility index (Phi) is 4.47. The predicted molar refractivity (Wildman–Crippen MR) is 66.5 cm³/mol. The van der Waals surface area contributed by atoms with Crippen LogP contribution in [0.4, 0.5) is 8.78 Å². The van der Waals surface area contributed by atoms with E-state index in [2.05, 4.69) is 5.32 Å². The fraction of sp³-hybridized carbons (Fsp3) is 0.500. The second-order valence-electron chi connectivity index (χ2n) is 5.00. The van der Waals surface area contributed by atoms with E-state index in [0.29, 0.717) is 18.5 Å². The molecule has 2 N–H and O–H groups in total. The molecule has 2 atom stereocenters. The third-order valence-corrected chi connectivity index (χ3v) is 3.71. The summed E-state index contributed by atoms with van der Waals surface area (Å²) >= 11 is 0. The molecule has 0 heterocycles. The highest BCUT2D eigenvalue weighted by Gasteiger charge is 2.32. The summed E-state index contributed by atoms with van der Waals surface area (Å²) in [5.41, 5.74) is 0.395. The van der Waals surface area contributed by atoms with Crippen LogP contribution in [0, 0.1) is 23.5 Å². The maximum atomic E-state index is 13.4. The number of benzene rings is 1. The Balaban J connectivity index is 1.84. The lowest BCUT2D eigenvalue weighted by molar-refractivity contribution is -0.142. The van der Waals surface area contributed by atoms with Crippen LogP contribution in [0.3, 0.4) is 0 Å². The van der Waals surface area contributed by atoms with E-state index in [9.17, 15) is 13.6 Å². The average Bonchev–Trinajstić information content (AvgIpc) is 2.80. The van der Waals surface area contributed by atoms with Gasteiger partial charge in [0.1, 0.15) is 11.6 Å². The quantitative estimate of drug-likeness (QED) is 0.863. The Morgan fingerprint density at radius 3 is 2.84 bits per heavy atom. The Morgan fingerprint density at radius 2 is 2.16 bits per heavy atom. The first-order valence-corrected chi connectivity index (χ1v) is 6.45. The van der Waals surface area contributed by atoms with Crippen LogP contribution in [0.2, 0.25) is 0 Å². The van der Waals surface area contributed by atoms with Gasteiger partial charge in [0.25, 0.3) is 0 Å². The van der Waals surface area contributed by atoms with E-state index >= 15 is 0 Å². The minimum atomic E-state index is -0.753. The molecule has 0 aliphatic heterocycles. The molecule has 2 rings (SSSR count). The molecule has 2 unspecified atom stereocenters. The molecule has 104 valence electrons. The highest BCUT2D eigenvalue weighted by molar-refractivity contribution is 5.70. The lowest BCUT2D eigenvalue weighted by atomic mass is 9.96. The third kappa shape index (κ3) is 3.50. The summed E-state index contributed by atoms with van der Waals surface area (Å²) in [7, 11) is 0. The van der Waals surface area contributed by atoms with Gasteiger partial charge in [-0.25, -0.2) is 8.78 Å². The molecule has 1 aliphatic carbocycles. The Morgan fingerprint density at radius 1 is 1.37 bits per heavy atom. The maximum Gasteiger partial charge on any atom is 0.306 e.